The summed E-state index contributed by atoms with van der Waals surface area (Å²) < 4.78 is 0. The summed E-state index contributed by atoms with van der Waals surface area (Å²) in [6.07, 6.45) is 6.96. The van der Waals surface area contributed by atoms with Gasteiger partial charge in [0.25, 0.3) is 0 Å². The number of nitrogens with one attached hydrogen (secondary N) is 1. The van der Waals surface area contributed by atoms with Crippen LogP contribution in [0.3, 0.4) is 0 Å². The van der Waals surface area contributed by atoms with Crippen molar-refractivity contribution in [2.75, 3.05) is 20.1 Å². The van der Waals surface area contributed by atoms with Crippen LogP contribution in [0, 0.1) is 11.3 Å². The third-order valence-electron chi connectivity index (χ3n) is 4.45. The molecule has 0 aromatic carbocycles. The van der Waals surface area contributed by atoms with Crippen molar-refractivity contribution in [3.63, 3.8) is 0 Å². The Balaban J connectivity index is 1.67. The molecular weight excluding hydrogens is 208 g/mol. The van der Waals surface area contributed by atoms with E-state index in [4.69, 9.17) is 0 Å². The van der Waals surface area contributed by atoms with Crippen LogP contribution < -0.4 is 5.32 Å². The minimum atomic E-state index is 0.539. The van der Waals surface area contributed by atoms with Crippen LogP contribution in [0.25, 0.3) is 0 Å². The molecule has 2 aliphatic carbocycles. The van der Waals surface area contributed by atoms with E-state index in [1.54, 1.807) is 0 Å². The van der Waals surface area contributed by atoms with Gasteiger partial charge in [0.2, 0.25) is 0 Å². The van der Waals surface area contributed by atoms with Gasteiger partial charge in [0.1, 0.15) is 0 Å². The smallest absolute Gasteiger partial charge is 0.0107 e. The first-order valence-electron chi connectivity index (χ1n) is 7.40. The predicted molar refractivity (Wildman–Crippen MR) is 74.2 cm³/mol. The zero-order chi connectivity index (χ0) is 12.5. The number of nitrogens with zero attached hydrogens (tertiary/aromatic N) is 1. The van der Waals surface area contributed by atoms with Gasteiger partial charge in [0, 0.05) is 25.2 Å². The van der Waals surface area contributed by atoms with E-state index in [1.807, 2.05) is 0 Å². The topological polar surface area (TPSA) is 15.3 Å². The van der Waals surface area contributed by atoms with Crippen molar-refractivity contribution in [2.45, 2.75) is 65.0 Å². The maximum atomic E-state index is 3.78. The lowest BCUT2D eigenvalue weighted by Gasteiger charge is -2.39. The summed E-state index contributed by atoms with van der Waals surface area (Å²) >= 11 is 0. The van der Waals surface area contributed by atoms with E-state index in [1.165, 1.54) is 45.2 Å². The van der Waals surface area contributed by atoms with Gasteiger partial charge in [-0.25, -0.2) is 0 Å². The molecule has 100 valence electrons. The molecule has 0 aliphatic heterocycles. The number of hydrogen-bond donors (Lipinski definition) is 1. The molecule has 17 heavy (non-hydrogen) atoms. The second kappa shape index (κ2) is 5.27. The van der Waals surface area contributed by atoms with Crippen LogP contribution in [0.5, 0.6) is 0 Å². The fourth-order valence-electron chi connectivity index (χ4n) is 3.64. The van der Waals surface area contributed by atoms with Gasteiger partial charge in [-0.15, -0.1) is 0 Å². The quantitative estimate of drug-likeness (QED) is 0.792. The Labute approximate surface area is 107 Å². The lowest BCUT2D eigenvalue weighted by Crippen LogP contribution is -2.43. The summed E-state index contributed by atoms with van der Waals surface area (Å²) in [7, 11) is 2.27. The molecule has 0 aromatic heterocycles. The number of likely N-dealkylation sites (N-methyl/N-ethyl adjacent to an activating group) is 1. The first-order valence-corrected chi connectivity index (χ1v) is 7.40. The minimum Gasteiger partial charge on any atom is -0.313 e. The number of rotatable bonds is 5. The summed E-state index contributed by atoms with van der Waals surface area (Å²) in [5.41, 5.74) is 0.539. The van der Waals surface area contributed by atoms with Gasteiger partial charge in [0.15, 0.2) is 0 Å². The van der Waals surface area contributed by atoms with Crippen LogP contribution in [0.4, 0.5) is 0 Å². The Morgan fingerprint density at radius 1 is 1.24 bits per heavy atom. The van der Waals surface area contributed by atoms with Gasteiger partial charge >= 0.3 is 0 Å². The monoisotopic (exact) mass is 238 g/mol. The van der Waals surface area contributed by atoms with E-state index in [-0.39, 0.29) is 0 Å². The normalized spacial score (nSPS) is 33.0. The van der Waals surface area contributed by atoms with E-state index < -0.39 is 0 Å². The van der Waals surface area contributed by atoms with E-state index in [9.17, 15) is 0 Å². The molecule has 2 fully saturated rings. The minimum absolute atomic E-state index is 0.539. The SMILES string of the molecule is CC1CC(NCCN(C)C2CC2)CC(C)(C)C1. The zero-order valence-electron chi connectivity index (χ0n) is 12.1. The fourth-order valence-corrected chi connectivity index (χ4v) is 3.64. The maximum absolute atomic E-state index is 3.78. The molecule has 2 atom stereocenters. The second-order valence-corrected chi connectivity index (χ2v) is 7.28. The molecule has 0 aromatic rings. The third-order valence-corrected chi connectivity index (χ3v) is 4.45. The van der Waals surface area contributed by atoms with Crippen molar-refractivity contribution < 1.29 is 0 Å². The van der Waals surface area contributed by atoms with Gasteiger partial charge in [-0.1, -0.05) is 20.8 Å². The largest absolute Gasteiger partial charge is 0.313 e. The first kappa shape index (κ1) is 13.4. The van der Waals surface area contributed by atoms with Crippen molar-refractivity contribution in [1.82, 2.24) is 10.2 Å². The van der Waals surface area contributed by atoms with Crippen molar-refractivity contribution in [2.24, 2.45) is 11.3 Å². The average molecular weight is 238 g/mol. The van der Waals surface area contributed by atoms with Crippen LogP contribution in [0.2, 0.25) is 0 Å². The van der Waals surface area contributed by atoms with Gasteiger partial charge in [-0.05, 0) is 50.5 Å². The van der Waals surface area contributed by atoms with E-state index >= 15 is 0 Å². The van der Waals surface area contributed by atoms with Gasteiger partial charge in [-0.3, -0.25) is 0 Å². The molecule has 0 amide bonds. The molecule has 0 heterocycles. The van der Waals surface area contributed by atoms with Crippen LogP contribution in [-0.2, 0) is 0 Å². The molecule has 1 N–H and O–H groups in total. The Morgan fingerprint density at radius 2 is 1.94 bits per heavy atom. The standard InChI is InChI=1S/C15H30N2/c1-12-9-13(11-15(2,3)10-12)16-7-8-17(4)14-5-6-14/h12-14,16H,5-11H2,1-4H3. The van der Waals surface area contributed by atoms with Crippen LogP contribution in [0.15, 0.2) is 0 Å². The van der Waals surface area contributed by atoms with Crippen LogP contribution in [0.1, 0.15) is 52.9 Å². The molecule has 2 heteroatoms. The highest BCUT2D eigenvalue weighted by Gasteiger charge is 2.32. The zero-order valence-corrected chi connectivity index (χ0v) is 12.1. The first-order chi connectivity index (χ1) is 7.96. The predicted octanol–water partition coefficient (Wildman–Crippen LogP) is 2.89. The van der Waals surface area contributed by atoms with E-state index in [2.05, 4.69) is 38.0 Å². The Kier molecular flexibility index (Phi) is 4.14. The summed E-state index contributed by atoms with van der Waals surface area (Å²) in [6.45, 7) is 9.64. The molecular formula is C15H30N2. The molecule has 2 rings (SSSR count). The molecule has 2 nitrogen and oxygen atoms in total. The van der Waals surface area contributed by atoms with E-state index in [0.717, 1.165) is 18.0 Å². The summed E-state index contributed by atoms with van der Waals surface area (Å²) in [4.78, 5) is 2.52. The second-order valence-electron chi connectivity index (χ2n) is 7.28. The van der Waals surface area contributed by atoms with Crippen LogP contribution >= 0.6 is 0 Å². The van der Waals surface area contributed by atoms with Gasteiger partial charge in [0.05, 0.1) is 0 Å². The Hall–Kier alpha value is -0.0800. The molecule has 0 spiro atoms. The van der Waals surface area contributed by atoms with Gasteiger partial charge in [-0.2, -0.15) is 0 Å². The third kappa shape index (κ3) is 4.26. The molecule has 2 saturated carbocycles. The lowest BCUT2D eigenvalue weighted by atomic mass is 9.70. The van der Waals surface area contributed by atoms with Crippen molar-refractivity contribution in [1.29, 1.82) is 0 Å². The summed E-state index contributed by atoms with van der Waals surface area (Å²) in [5.74, 6) is 0.886. The average Bonchev–Trinajstić information content (AvgIpc) is 2.96. The van der Waals surface area contributed by atoms with Crippen molar-refractivity contribution in [3.05, 3.63) is 0 Å². The molecule has 0 radical (unpaired) electrons. The fraction of sp³-hybridized carbons (Fsp3) is 1.00. The highest BCUT2D eigenvalue weighted by atomic mass is 15.2. The van der Waals surface area contributed by atoms with E-state index in [0.29, 0.717) is 5.41 Å². The van der Waals surface area contributed by atoms with Crippen LogP contribution in [-0.4, -0.2) is 37.1 Å². The van der Waals surface area contributed by atoms with Crippen molar-refractivity contribution >= 4 is 0 Å². The molecule has 0 bridgehead atoms. The Morgan fingerprint density at radius 3 is 2.53 bits per heavy atom. The number of hydrogen-bond acceptors (Lipinski definition) is 2. The molecule has 2 aliphatic rings. The van der Waals surface area contributed by atoms with Gasteiger partial charge < -0.3 is 10.2 Å². The summed E-state index contributed by atoms with van der Waals surface area (Å²) in [5, 5.41) is 3.78. The van der Waals surface area contributed by atoms with Crippen molar-refractivity contribution in [3.8, 4) is 0 Å². The highest BCUT2D eigenvalue weighted by molar-refractivity contribution is 4.87. The highest BCUT2D eigenvalue weighted by Crippen LogP contribution is 2.38. The lowest BCUT2D eigenvalue weighted by molar-refractivity contribution is 0.149. The molecule has 0 saturated heterocycles. The maximum Gasteiger partial charge on any atom is 0.0107 e. The molecule has 2 unspecified atom stereocenters. The summed E-state index contributed by atoms with van der Waals surface area (Å²) in [6, 6.07) is 1.65. The Bertz CT molecular complexity index is 245.